The normalized spacial score (nSPS) is 13.3. The van der Waals surface area contributed by atoms with Crippen molar-refractivity contribution >= 4 is 46.5 Å². The Morgan fingerprint density at radius 1 is 1.12 bits per heavy atom. The monoisotopic (exact) mass is 497 g/mol. The summed E-state index contributed by atoms with van der Waals surface area (Å²) in [5.41, 5.74) is 6.80. The standard InChI is InChI=1S/C22H29Cl2N5O4/c1-12(2)18(25)21(31)28-19(13(3)4)16(30)7-10-29(22(32)20(23)24)14-5-8-26-15(11-14)17-6-9-27-33-17/h5-6,8-9,11-13,18-20H,7,10,25H2,1-4H3,(H,28,31). The summed E-state index contributed by atoms with van der Waals surface area (Å²) in [6.07, 6.45) is 2.94. The van der Waals surface area contributed by atoms with Crippen LogP contribution >= 0.6 is 23.2 Å². The Morgan fingerprint density at radius 2 is 1.82 bits per heavy atom. The third kappa shape index (κ3) is 7.25. The fourth-order valence-electron chi connectivity index (χ4n) is 3.10. The molecule has 2 aromatic heterocycles. The number of carbonyl (C=O) groups is 3. The van der Waals surface area contributed by atoms with Gasteiger partial charge in [-0.3, -0.25) is 19.4 Å². The van der Waals surface area contributed by atoms with E-state index in [1.165, 1.54) is 17.3 Å². The minimum Gasteiger partial charge on any atom is -0.355 e. The molecule has 3 N–H and O–H groups in total. The zero-order valence-corrected chi connectivity index (χ0v) is 20.5. The van der Waals surface area contributed by atoms with E-state index in [4.69, 9.17) is 33.5 Å². The Morgan fingerprint density at radius 3 is 2.36 bits per heavy atom. The first-order valence-electron chi connectivity index (χ1n) is 10.6. The van der Waals surface area contributed by atoms with Gasteiger partial charge in [0.2, 0.25) is 5.91 Å². The molecular weight excluding hydrogens is 469 g/mol. The second kappa shape index (κ2) is 12.1. The Bertz CT molecular complexity index is 950. The number of carbonyl (C=O) groups excluding carboxylic acids is 3. The summed E-state index contributed by atoms with van der Waals surface area (Å²) in [7, 11) is 0. The molecule has 0 aliphatic heterocycles. The number of Topliss-reactive ketones (excluding diaryl/α,β-unsaturated/α-hetero) is 1. The predicted octanol–water partition coefficient (Wildman–Crippen LogP) is 2.96. The van der Waals surface area contributed by atoms with Gasteiger partial charge in [0.25, 0.3) is 5.91 Å². The quantitative estimate of drug-likeness (QED) is 0.456. The molecule has 2 heterocycles. The smallest absolute Gasteiger partial charge is 0.260 e. The second-order valence-electron chi connectivity index (χ2n) is 8.28. The maximum Gasteiger partial charge on any atom is 0.260 e. The average Bonchev–Trinajstić information content (AvgIpc) is 3.31. The molecule has 0 saturated carbocycles. The fraction of sp³-hybridized carbons (Fsp3) is 0.500. The topological polar surface area (TPSA) is 131 Å². The van der Waals surface area contributed by atoms with Gasteiger partial charge in [-0.15, -0.1) is 0 Å². The highest BCUT2D eigenvalue weighted by atomic mass is 35.5. The summed E-state index contributed by atoms with van der Waals surface area (Å²) in [6.45, 7) is 7.31. The van der Waals surface area contributed by atoms with Crippen LogP contribution in [0.25, 0.3) is 11.5 Å². The van der Waals surface area contributed by atoms with Gasteiger partial charge in [0.1, 0.15) is 5.69 Å². The van der Waals surface area contributed by atoms with Gasteiger partial charge in [-0.1, -0.05) is 56.1 Å². The number of pyridine rings is 1. The van der Waals surface area contributed by atoms with Crippen LogP contribution in [0, 0.1) is 11.8 Å². The number of nitrogens with two attached hydrogens (primary N) is 1. The molecule has 0 fully saturated rings. The van der Waals surface area contributed by atoms with Crippen LogP contribution in [0.4, 0.5) is 5.69 Å². The largest absolute Gasteiger partial charge is 0.355 e. The van der Waals surface area contributed by atoms with Crippen LogP contribution in [-0.4, -0.2) is 51.2 Å². The Balaban J connectivity index is 2.20. The van der Waals surface area contributed by atoms with Gasteiger partial charge in [0.15, 0.2) is 16.4 Å². The van der Waals surface area contributed by atoms with E-state index >= 15 is 0 Å². The SMILES string of the molecule is CC(C)C(N)C(=O)NC(C(=O)CCN(C(=O)C(Cl)Cl)c1ccnc(-c2ccno2)c1)C(C)C. The third-order valence-electron chi connectivity index (χ3n) is 5.11. The third-order valence-corrected chi connectivity index (χ3v) is 5.49. The number of rotatable bonds is 11. The van der Waals surface area contributed by atoms with Crippen molar-refractivity contribution in [2.75, 3.05) is 11.4 Å². The van der Waals surface area contributed by atoms with Gasteiger partial charge in [-0.25, -0.2) is 0 Å². The highest BCUT2D eigenvalue weighted by molar-refractivity contribution is 6.54. The molecule has 33 heavy (non-hydrogen) atoms. The van der Waals surface area contributed by atoms with Crippen molar-refractivity contribution in [1.82, 2.24) is 15.5 Å². The Labute approximate surface area is 203 Å². The zero-order chi connectivity index (χ0) is 24.7. The average molecular weight is 498 g/mol. The van der Waals surface area contributed by atoms with Crippen LogP contribution in [0.5, 0.6) is 0 Å². The lowest BCUT2D eigenvalue weighted by atomic mass is 9.96. The van der Waals surface area contributed by atoms with Crippen molar-refractivity contribution in [1.29, 1.82) is 0 Å². The minimum absolute atomic E-state index is 0.00277. The molecule has 0 spiro atoms. The lowest BCUT2D eigenvalue weighted by molar-refractivity contribution is -0.130. The number of hydrogen-bond donors (Lipinski definition) is 2. The van der Waals surface area contributed by atoms with Crippen LogP contribution in [-0.2, 0) is 14.4 Å². The van der Waals surface area contributed by atoms with Crippen molar-refractivity contribution in [3.63, 3.8) is 0 Å². The van der Waals surface area contributed by atoms with E-state index in [-0.39, 0.29) is 30.6 Å². The van der Waals surface area contributed by atoms with Crippen LogP contribution in [0.1, 0.15) is 34.1 Å². The molecule has 0 radical (unpaired) electrons. The zero-order valence-electron chi connectivity index (χ0n) is 19.0. The number of ketones is 1. The number of anilines is 1. The van der Waals surface area contributed by atoms with Crippen molar-refractivity contribution in [2.24, 2.45) is 17.6 Å². The molecule has 2 aromatic rings. The summed E-state index contributed by atoms with van der Waals surface area (Å²) >= 11 is 11.7. The fourth-order valence-corrected chi connectivity index (χ4v) is 3.34. The number of amides is 2. The first kappa shape index (κ1) is 26.8. The van der Waals surface area contributed by atoms with E-state index in [0.717, 1.165) is 0 Å². The summed E-state index contributed by atoms with van der Waals surface area (Å²) in [5.74, 6) is -1.05. The van der Waals surface area contributed by atoms with Gasteiger partial charge in [-0.2, -0.15) is 0 Å². The minimum atomic E-state index is -1.33. The van der Waals surface area contributed by atoms with Crippen molar-refractivity contribution in [3.05, 3.63) is 30.6 Å². The van der Waals surface area contributed by atoms with Crippen LogP contribution in [0.2, 0.25) is 0 Å². The molecule has 0 aliphatic rings. The molecule has 11 heteroatoms. The molecule has 0 aromatic carbocycles. The first-order valence-corrected chi connectivity index (χ1v) is 11.5. The molecule has 2 rings (SSSR count). The summed E-state index contributed by atoms with van der Waals surface area (Å²) in [5, 5.41) is 6.39. The second-order valence-corrected chi connectivity index (χ2v) is 9.38. The lowest BCUT2D eigenvalue weighted by Crippen LogP contribution is -2.52. The Kier molecular flexibility index (Phi) is 9.82. The molecule has 180 valence electrons. The van der Waals surface area contributed by atoms with Crippen LogP contribution in [0.15, 0.2) is 35.1 Å². The van der Waals surface area contributed by atoms with Gasteiger partial charge < -0.3 is 20.5 Å². The number of halogens is 2. The van der Waals surface area contributed by atoms with Crippen LogP contribution < -0.4 is 16.0 Å². The molecule has 0 bridgehead atoms. The van der Waals surface area contributed by atoms with Gasteiger partial charge in [0, 0.05) is 30.9 Å². The number of nitrogens with zero attached hydrogens (tertiary/aromatic N) is 3. The summed E-state index contributed by atoms with van der Waals surface area (Å²) < 4.78 is 5.12. The number of hydrogen-bond acceptors (Lipinski definition) is 7. The maximum atomic E-state index is 13.0. The molecule has 9 nitrogen and oxygen atoms in total. The molecular formula is C22H29Cl2N5O4. The van der Waals surface area contributed by atoms with Crippen molar-refractivity contribution < 1.29 is 18.9 Å². The van der Waals surface area contributed by atoms with Gasteiger partial charge >= 0.3 is 0 Å². The van der Waals surface area contributed by atoms with Crippen molar-refractivity contribution in [3.8, 4) is 11.5 Å². The van der Waals surface area contributed by atoms with Gasteiger partial charge in [-0.05, 0) is 24.0 Å². The predicted molar refractivity (Wildman–Crippen MR) is 127 cm³/mol. The molecule has 0 saturated heterocycles. The van der Waals surface area contributed by atoms with Crippen LogP contribution in [0.3, 0.4) is 0 Å². The van der Waals surface area contributed by atoms with E-state index in [0.29, 0.717) is 17.1 Å². The van der Waals surface area contributed by atoms with E-state index < -0.39 is 28.7 Å². The van der Waals surface area contributed by atoms with Gasteiger partial charge in [0.05, 0.1) is 18.3 Å². The molecule has 2 unspecified atom stereocenters. The van der Waals surface area contributed by atoms with Crippen molar-refractivity contribution in [2.45, 2.75) is 51.0 Å². The maximum absolute atomic E-state index is 13.0. The first-order chi connectivity index (χ1) is 15.5. The highest BCUT2D eigenvalue weighted by Gasteiger charge is 2.29. The van der Waals surface area contributed by atoms with E-state index in [1.54, 1.807) is 18.2 Å². The molecule has 2 atom stereocenters. The van der Waals surface area contributed by atoms with E-state index in [1.807, 2.05) is 27.7 Å². The van der Waals surface area contributed by atoms with E-state index in [2.05, 4.69) is 15.5 Å². The van der Waals surface area contributed by atoms with E-state index in [9.17, 15) is 14.4 Å². The number of nitrogens with one attached hydrogen (secondary N) is 1. The summed E-state index contributed by atoms with van der Waals surface area (Å²) in [6, 6.07) is 3.37. The number of alkyl halides is 2. The number of aromatic nitrogens is 2. The molecule has 0 aliphatic carbocycles. The summed E-state index contributed by atoms with van der Waals surface area (Å²) in [4.78, 5) is 42.3. The Hall–Kier alpha value is -2.49. The molecule has 2 amide bonds. The highest BCUT2D eigenvalue weighted by Crippen LogP contribution is 2.24. The lowest BCUT2D eigenvalue weighted by Gasteiger charge is -2.27.